The highest BCUT2D eigenvalue weighted by molar-refractivity contribution is 5.22. The first kappa shape index (κ1) is 14.5. The van der Waals surface area contributed by atoms with Crippen LogP contribution in [0.4, 0.5) is 0 Å². The number of hydrogen-bond donors (Lipinski definition) is 1. The van der Waals surface area contributed by atoms with Gasteiger partial charge in [-0.15, -0.1) is 0 Å². The summed E-state index contributed by atoms with van der Waals surface area (Å²) in [5, 5.41) is 3.65. The molecule has 1 saturated heterocycles. The summed E-state index contributed by atoms with van der Waals surface area (Å²) in [6, 6.07) is 9.48. The van der Waals surface area contributed by atoms with Crippen molar-refractivity contribution >= 4 is 0 Å². The zero-order chi connectivity index (χ0) is 13.5. The highest BCUT2D eigenvalue weighted by atomic mass is 15.2. The molecule has 0 aliphatic carbocycles. The van der Waals surface area contributed by atoms with Crippen molar-refractivity contribution < 1.29 is 0 Å². The maximum absolute atomic E-state index is 3.65. The van der Waals surface area contributed by atoms with Crippen molar-refractivity contribution in [2.75, 3.05) is 26.2 Å². The summed E-state index contributed by atoms with van der Waals surface area (Å²) in [5.41, 5.74) is 2.84. The summed E-state index contributed by atoms with van der Waals surface area (Å²) >= 11 is 0. The second kappa shape index (κ2) is 7.66. The number of rotatable bonds is 7. The predicted octanol–water partition coefficient (Wildman–Crippen LogP) is 3.00. The summed E-state index contributed by atoms with van der Waals surface area (Å²) in [4.78, 5) is 2.58. The van der Waals surface area contributed by atoms with E-state index >= 15 is 0 Å². The Balaban J connectivity index is 1.58. The second-order valence-electron chi connectivity index (χ2n) is 5.96. The van der Waals surface area contributed by atoms with Crippen LogP contribution in [0.15, 0.2) is 24.3 Å². The van der Waals surface area contributed by atoms with Crippen molar-refractivity contribution in [3.8, 4) is 0 Å². The van der Waals surface area contributed by atoms with Gasteiger partial charge in [-0.3, -0.25) is 0 Å². The molecule has 1 heterocycles. The van der Waals surface area contributed by atoms with Gasteiger partial charge in [-0.05, 0) is 64.7 Å². The standard InChI is InChI=1S/C17H28N2/c1-15-7-5-8-17(13-15)9-6-10-18-16(2)14-19-11-3-4-12-19/h5,7-8,13,16,18H,3-4,6,9-12,14H2,1-2H3. The van der Waals surface area contributed by atoms with Crippen LogP contribution in [0.3, 0.4) is 0 Å². The lowest BCUT2D eigenvalue weighted by Crippen LogP contribution is -2.38. The molecule has 0 aromatic heterocycles. The van der Waals surface area contributed by atoms with Crippen molar-refractivity contribution in [3.63, 3.8) is 0 Å². The van der Waals surface area contributed by atoms with E-state index in [1.54, 1.807) is 0 Å². The minimum Gasteiger partial charge on any atom is -0.313 e. The van der Waals surface area contributed by atoms with Gasteiger partial charge < -0.3 is 10.2 Å². The van der Waals surface area contributed by atoms with E-state index in [2.05, 4.69) is 48.3 Å². The molecule has 0 bridgehead atoms. The fourth-order valence-electron chi connectivity index (χ4n) is 2.93. The Hall–Kier alpha value is -0.860. The van der Waals surface area contributed by atoms with E-state index < -0.39 is 0 Å². The molecule has 0 amide bonds. The van der Waals surface area contributed by atoms with Gasteiger partial charge in [0.25, 0.3) is 0 Å². The van der Waals surface area contributed by atoms with Gasteiger partial charge in [0.1, 0.15) is 0 Å². The average molecular weight is 260 g/mol. The van der Waals surface area contributed by atoms with E-state index in [0.717, 1.165) is 6.54 Å². The lowest BCUT2D eigenvalue weighted by molar-refractivity contribution is 0.299. The number of hydrogen-bond acceptors (Lipinski definition) is 2. The molecule has 2 rings (SSSR count). The Bertz CT molecular complexity index is 369. The highest BCUT2D eigenvalue weighted by Gasteiger charge is 2.13. The molecule has 1 aromatic rings. The number of likely N-dealkylation sites (tertiary alicyclic amines) is 1. The third-order valence-corrected chi connectivity index (χ3v) is 3.95. The van der Waals surface area contributed by atoms with Crippen molar-refractivity contribution in [2.45, 2.75) is 45.6 Å². The summed E-state index contributed by atoms with van der Waals surface area (Å²) in [7, 11) is 0. The predicted molar refractivity (Wildman–Crippen MR) is 82.6 cm³/mol. The monoisotopic (exact) mass is 260 g/mol. The smallest absolute Gasteiger partial charge is 0.0166 e. The molecule has 0 spiro atoms. The molecule has 2 nitrogen and oxygen atoms in total. The average Bonchev–Trinajstić information content (AvgIpc) is 2.87. The molecule has 1 unspecified atom stereocenters. The normalized spacial score (nSPS) is 17.8. The molecule has 1 N–H and O–H groups in total. The molecular weight excluding hydrogens is 232 g/mol. The number of nitrogens with one attached hydrogen (secondary N) is 1. The number of aryl methyl sites for hydroxylation is 2. The zero-order valence-electron chi connectivity index (χ0n) is 12.5. The number of benzene rings is 1. The maximum atomic E-state index is 3.65. The lowest BCUT2D eigenvalue weighted by Gasteiger charge is -2.21. The molecule has 19 heavy (non-hydrogen) atoms. The van der Waals surface area contributed by atoms with Crippen LogP contribution < -0.4 is 5.32 Å². The molecular formula is C17H28N2. The maximum Gasteiger partial charge on any atom is 0.0166 e. The van der Waals surface area contributed by atoms with Crippen LogP contribution in [0.2, 0.25) is 0 Å². The fourth-order valence-corrected chi connectivity index (χ4v) is 2.93. The Morgan fingerprint density at radius 1 is 1.26 bits per heavy atom. The van der Waals surface area contributed by atoms with Gasteiger partial charge in [0.2, 0.25) is 0 Å². The summed E-state index contributed by atoms with van der Waals surface area (Å²) in [5.74, 6) is 0. The quantitative estimate of drug-likeness (QED) is 0.758. The van der Waals surface area contributed by atoms with Gasteiger partial charge in [0.15, 0.2) is 0 Å². The van der Waals surface area contributed by atoms with E-state index in [0.29, 0.717) is 6.04 Å². The van der Waals surface area contributed by atoms with Crippen molar-refractivity contribution in [1.29, 1.82) is 0 Å². The Morgan fingerprint density at radius 3 is 2.79 bits per heavy atom. The molecule has 1 aliphatic heterocycles. The van der Waals surface area contributed by atoms with Crippen LogP contribution in [0, 0.1) is 6.92 Å². The molecule has 106 valence electrons. The molecule has 1 aromatic carbocycles. The van der Waals surface area contributed by atoms with E-state index in [9.17, 15) is 0 Å². The zero-order valence-corrected chi connectivity index (χ0v) is 12.5. The Morgan fingerprint density at radius 2 is 2.05 bits per heavy atom. The summed E-state index contributed by atoms with van der Waals surface area (Å²) < 4.78 is 0. The Labute approximate surface area is 118 Å². The molecule has 2 heteroatoms. The minimum atomic E-state index is 0.621. The minimum absolute atomic E-state index is 0.621. The molecule has 0 saturated carbocycles. The first-order valence-corrected chi connectivity index (χ1v) is 7.75. The van der Waals surface area contributed by atoms with Crippen molar-refractivity contribution in [2.24, 2.45) is 0 Å². The van der Waals surface area contributed by atoms with Crippen LogP contribution in [0.25, 0.3) is 0 Å². The highest BCUT2D eigenvalue weighted by Crippen LogP contribution is 2.08. The molecule has 1 atom stereocenters. The van der Waals surface area contributed by atoms with Crippen LogP contribution in [-0.4, -0.2) is 37.1 Å². The van der Waals surface area contributed by atoms with Crippen molar-refractivity contribution in [3.05, 3.63) is 35.4 Å². The van der Waals surface area contributed by atoms with Crippen LogP contribution >= 0.6 is 0 Å². The first-order valence-electron chi connectivity index (χ1n) is 7.75. The fraction of sp³-hybridized carbons (Fsp3) is 0.647. The van der Waals surface area contributed by atoms with E-state index in [1.807, 2.05) is 0 Å². The third-order valence-electron chi connectivity index (χ3n) is 3.95. The topological polar surface area (TPSA) is 15.3 Å². The van der Waals surface area contributed by atoms with Gasteiger partial charge in [-0.25, -0.2) is 0 Å². The van der Waals surface area contributed by atoms with Crippen molar-refractivity contribution in [1.82, 2.24) is 10.2 Å². The largest absolute Gasteiger partial charge is 0.313 e. The van der Waals surface area contributed by atoms with Crippen LogP contribution in [0.1, 0.15) is 37.3 Å². The van der Waals surface area contributed by atoms with Gasteiger partial charge in [0, 0.05) is 12.6 Å². The van der Waals surface area contributed by atoms with Crippen LogP contribution in [0.5, 0.6) is 0 Å². The van der Waals surface area contributed by atoms with Gasteiger partial charge in [0.05, 0.1) is 0 Å². The van der Waals surface area contributed by atoms with Gasteiger partial charge in [-0.2, -0.15) is 0 Å². The van der Waals surface area contributed by atoms with Gasteiger partial charge in [-0.1, -0.05) is 29.8 Å². The summed E-state index contributed by atoms with van der Waals surface area (Å²) in [6.45, 7) is 9.42. The van der Waals surface area contributed by atoms with E-state index in [1.165, 1.54) is 56.4 Å². The molecule has 0 radical (unpaired) electrons. The van der Waals surface area contributed by atoms with Gasteiger partial charge >= 0.3 is 0 Å². The van der Waals surface area contributed by atoms with E-state index in [-0.39, 0.29) is 0 Å². The SMILES string of the molecule is Cc1cccc(CCCNC(C)CN2CCCC2)c1. The van der Waals surface area contributed by atoms with E-state index in [4.69, 9.17) is 0 Å². The third kappa shape index (κ3) is 5.33. The number of nitrogens with zero attached hydrogens (tertiary/aromatic N) is 1. The first-order chi connectivity index (χ1) is 9.24. The van der Waals surface area contributed by atoms with Crippen LogP contribution in [-0.2, 0) is 6.42 Å². The lowest BCUT2D eigenvalue weighted by atomic mass is 10.1. The summed E-state index contributed by atoms with van der Waals surface area (Å²) in [6.07, 6.45) is 5.19. The Kier molecular flexibility index (Phi) is 5.87. The molecule has 1 aliphatic rings. The second-order valence-corrected chi connectivity index (χ2v) is 5.96. The molecule has 1 fully saturated rings.